The average molecular weight is 324 g/mol. The van der Waals surface area contributed by atoms with Gasteiger partial charge < -0.3 is 19.3 Å². The van der Waals surface area contributed by atoms with Crippen molar-refractivity contribution in [3.8, 4) is 0 Å². The highest BCUT2D eigenvalue weighted by Crippen LogP contribution is 2.38. The second-order valence-corrected chi connectivity index (χ2v) is 8.20. The molecule has 3 rings (SSSR count). The topological polar surface area (TPSA) is 59.1 Å². The number of morpholine rings is 1. The van der Waals surface area contributed by atoms with E-state index in [1.807, 2.05) is 32.6 Å². The molecular formula is C17H28N2O4. The molecule has 2 atom stereocenters. The Hall–Kier alpha value is -1.30. The largest absolute Gasteiger partial charge is 0.444 e. The lowest BCUT2D eigenvalue weighted by molar-refractivity contribution is -0.175. The van der Waals surface area contributed by atoms with Crippen LogP contribution in [0, 0.1) is 0 Å². The van der Waals surface area contributed by atoms with Crippen LogP contribution in [-0.2, 0) is 14.3 Å². The second-order valence-electron chi connectivity index (χ2n) is 8.20. The van der Waals surface area contributed by atoms with Crippen LogP contribution in [0.3, 0.4) is 0 Å². The molecule has 0 aromatic carbocycles. The average Bonchev–Trinajstić information content (AvgIpc) is 3.24. The molecule has 3 fully saturated rings. The summed E-state index contributed by atoms with van der Waals surface area (Å²) >= 11 is 0. The van der Waals surface area contributed by atoms with Gasteiger partial charge >= 0.3 is 6.09 Å². The number of amides is 2. The predicted molar refractivity (Wildman–Crippen MR) is 85.1 cm³/mol. The van der Waals surface area contributed by atoms with Crippen molar-refractivity contribution < 1.29 is 19.1 Å². The highest BCUT2D eigenvalue weighted by molar-refractivity contribution is 5.79. The predicted octanol–water partition coefficient (Wildman–Crippen LogP) is 2.17. The summed E-state index contributed by atoms with van der Waals surface area (Å²) in [6, 6.07) is 0.468. The molecule has 2 heterocycles. The SMILES string of the molecule is CC1CC2(CCN1C(=O)OC(C)(C)C)CN(C1CC1)C(=O)CO2. The molecule has 0 N–H and O–H groups in total. The van der Waals surface area contributed by atoms with Gasteiger partial charge in [-0.1, -0.05) is 0 Å². The second kappa shape index (κ2) is 5.65. The Labute approximate surface area is 138 Å². The van der Waals surface area contributed by atoms with Crippen molar-refractivity contribution >= 4 is 12.0 Å². The molecule has 1 aliphatic carbocycles. The fourth-order valence-corrected chi connectivity index (χ4v) is 3.62. The zero-order valence-corrected chi connectivity index (χ0v) is 14.6. The van der Waals surface area contributed by atoms with E-state index < -0.39 is 5.60 Å². The van der Waals surface area contributed by atoms with Gasteiger partial charge in [-0.15, -0.1) is 0 Å². The molecular weight excluding hydrogens is 296 g/mol. The van der Waals surface area contributed by atoms with E-state index in [0.29, 0.717) is 19.1 Å². The maximum Gasteiger partial charge on any atom is 0.410 e. The van der Waals surface area contributed by atoms with Crippen molar-refractivity contribution in [1.82, 2.24) is 9.80 Å². The smallest absolute Gasteiger partial charge is 0.410 e. The van der Waals surface area contributed by atoms with E-state index in [1.54, 1.807) is 4.90 Å². The quantitative estimate of drug-likeness (QED) is 0.742. The zero-order valence-electron chi connectivity index (χ0n) is 14.6. The monoisotopic (exact) mass is 324 g/mol. The lowest BCUT2D eigenvalue weighted by atomic mass is 9.85. The first kappa shape index (κ1) is 16.6. The minimum absolute atomic E-state index is 0.0489. The van der Waals surface area contributed by atoms with Crippen molar-refractivity contribution in [2.24, 2.45) is 0 Å². The van der Waals surface area contributed by atoms with Gasteiger partial charge in [-0.25, -0.2) is 4.79 Å². The van der Waals surface area contributed by atoms with Gasteiger partial charge in [-0.3, -0.25) is 4.79 Å². The summed E-state index contributed by atoms with van der Waals surface area (Å²) in [4.78, 5) is 28.1. The minimum atomic E-state index is -0.484. The first-order chi connectivity index (χ1) is 10.7. The molecule has 1 saturated carbocycles. The minimum Gasteiger partial charge on any atom is -0.444 e. The molecule has 0 aromatic heterocycles. The van der Waals surface area contributed by atoms with Crippen molar-refractivity contribution in [2.75, 3.05) is 19.7 Å². The van der Waals surface area contributed by atoms with Crippen molar-refractivity contribution in [1.29, 1.82) is 0 Å². The summed E-state index contributed by atoms with van der Waals surface area (Å²) in [7, 11) is 0. The highest BCUT2D eigenvalue weighted by atomic mass is 16.6. The van der Waals surface area contributed by atoms with E-state index in [4.69, 9.17) is 9.47 Å². The fourth-order valence-electron chi connectivity index (χ4n) is 3.62. The number of ether oxygens (including phenoxy) is 2. The molecule has 23 heavy (non-hydrogen) atoms. The van der Waals surface area contributed by atoms with E-state index in [9.17, 15) is 9.59 Å². The molecule has 0 radical (unpaired) electrons. The normalized spacial score (nSPS) is 32.3. The first-order valence-electron chi connectivity index (χ1n) is 8.62. The molecule has 2 unspecified atom stereocenters. The standard InChI is InChI=1S/C17H28N2O4/c1-12-9-17(7-8-18(12)15(21)23-16(2,3)4)11-19(13-5-6-13)14(20)10-22-17/h12-13H,5-11H2,1-4H3. The summed E-state index contributed by atoms with van der Waals surface area (Å²) in [6.45, 7) is 9.13. The highest BCUT2D eigenvalue weighted by Gasteiger charge is 2.48. The molecule has 2 amide bonds. The van der Waals surface area contributed by atoms with Crippen molar-refractivity contribution in [3.05, 3.63) is 0 Å². The maximum absolute atomic E-state index is 12.3. The van der Waals surface area contributed by atoms with Crippen molar-refractivity contribution in [3.63, 3.8) is 0 Å². The molecule has 2 aliphatic heterocycles. The Bertz CT molecular complexity index is 497. The number of rotatable bonds is 1. The first-order valence-corrected chi connectivity index (χ1v) is 8.62. The number of hydrogen-bond acceptors (Lipinski definition) is 4. The number of hydrogen-bond donors (Lipinski definition) is 0. The molecule has 6 nitrogen and oxygen atoms in total. The summed E-state index contributed by atoms with van der Waals surface area (Å²) in [6.07, 6.45) is 3.48. The number of carbonyl (C=O) groups excluding carboxylic acids is 2. The molecule has 6 heteroatoms. The van der Waals surface area contributed by atoms with Gasteiger partial charge in [-0.2, -0.15) is 0 Å². The van der Waals surface area contributed by atoms with Crippen LogP contribution in [0.25, 0.3) is 0 Å². The molecule has 3 aliphatic rings. The number of nitrogens with zero attached hydrogens (tertiary/aromatic N) is 2. The Balaban J connectivity index is 1.63. The van der Waals surface area contributed by atoms with E-state index in [0.717, 1.165) is 25.7 Å². The summed E-state index contributed by atoms with van der Waals surface area (Å²) in [5.41, 5.74) is -0.781. The Morgan fingerprint density at radius 1 is 1.35 bits per heavy atom. The molecule has 1 spiro atoms. The molecule has 130 valence electrons. The van der Waals surface area contributed by atoms with Gasteiger partial charge in [0, 0.05) is 18.6 Å². The molecule has 0 aromatic rings. The third kappa shape index (κ3) is 3.62. The van der Waals surface area contributed by atoms with Crippen LogP contribution < -0.4 is 0 Å². The Kier molecular flexibility index (Phi) is 4.07. The lowest BCUT2D eigenvalue weighted by Gasteiger charge is -2.49. The van der Waals surface area contributed by atoms with E-state index in [-0.39, 0.29) is 30.3 Å². The van der Waals surface area contributed by atoms with Gasteiger partial charge in [0.2, 0.25) is 5.91 Å². The molecule has 2 saturated heterocycles. The van der Waals surface area contributed by atoms with Crippen LogP contribution in [-0.4, -0.2) is 64.8 Å². The van der Waals surface area contributed by atoms with Crippen LogP contribution >= 0.6 is 0 Å². The number of likely N-dealkylation sites (tertiary alicyclic amines) is 1. The Morgan fingerprint density at radius 2 is 2.04 bits per heavy atom. The van der Waals surface area contributed by atoms with Gasteiger partial charge in [0.15, 0.2) is 0 Å². The number of piperidine rings is 1. The van der Waals surface area contributed by atoms with Crippen LogP contribution in [0.5, 0.6) is 0 Å². The van der Waals surface area contributed by atoms with Gasteiger partial charge in [0.25, 0.3) is 0 Å². The maximum atomic E-state index is 12.3. The number of carbonyl (C=O) groups is 2. The van der Waals surface area contributed by atoms with Crippen LogP contribution in [0.4, 0.5) is 4.79 Å². The summed E-state index contributed by atoms with van der Waals surface area (Å²) in [5.74, 6) is 0.111. The van der Waals surface area contributed by atoms with E-state index in [1.165, 1.54) is 0 Å². The third-order valence-electron chi connectivity index (χ3n) is 4.90. The van der Waals surface area contributed by atoms with Crippen LogP contribution in [0.2, 0.25) is 0 Å². The van der Waals surface area contributed by atoms with Gasteiger partial charge in [-0.05, 0) is 53.4 Å². The molecule has 0 bridgehead atoms. The van der Waals surface area contributed by atoms with E-state index in [2.05, 4.69) is 0 Å². The zero-order chi connectivity index (χ0) is 16.8. The third-order valence-corrected chi connectivity index (χ3v) is 4.90. The Morgan fingerprint density at radius 3 is 2.61 bits per heavy atom. The van der Waals surface area contributed by atoms with E-state index >= 15 is 0 Å². The van der Waals surface area contributed by atoms with Gasteiger partial charge in [0.05, 0.1) is 12.1 Å². The van der Waals surface area contributed by atoms with Crippen molar-refractivity contribution in [2.45, 2.75) is 76.7 Å². The van der Waals surface area contributed by atoms with Crippen LogP contribution in [0.15, 0.2) is 0 Å². The summed E-state index contributed by atoms with van der Waals surface area (Å²) in [5, 5.41) is 0. The fraction of sp³-hybridized carbons (Fsp3) is 0.882. The van der Waals surface area contributed by atoms with Crippen LogP contribution in [0.1, 0.15) is 53.4 Å². The lowest BCUT2D eigenvalue weighted by Crippen LogP contribution is -2.61. The summed E-state index contributed by atoms with van der Waals surface area (Å²) < 4.78 is 11.4. The van der Waals surface area contributed by atoms with Gasteiger partial charge in [0.1, 0.15) is 12.2 Å².